The fourth-order valence-electron chi connectivity index (χ4n) is 2.90. The van der Waals surface area contributed by atoms with Crippen LogP contribution in [0.2, 0.25) is 0 Å². The highest BCUT2D eigenvalue weighted by Gasteiger charge is 2.27. The van der Waals surface area contributed by atoms with E-state index in [0.717, 1.165) is 25.7 Å². The van der Waals surface area contributed by atoms with Gasteiger partial charge in [0, 0.05) is 0 Å². The van der Waals surface area contributed by atoms with Crippen LogP contribution >= 0.6 is 0 Å². The Kier molecular flexibility index (Phi) is 4.56. The molecule has 1 aliphatic carbocycles. The van der Waals surface area contributed by atoms with Gasteiger partial charge in [-0.2, -0.15) is 0 Å². The third-order valence-electron chi connectivity index (χ3n) is 3.97. The Morgan fingerprint density at radius 3 is 2.79 bits per heavy atom. The number of ether oxygens (including phenoxy) is 1. The highest BCUT2D eigenvalue weighted by atomic mass is 19.1. The van der Waals surface area contributed by atoms with Gasteiger partial charge in [0.05, 0.1) is 5.56 Å². The van der Waals surface area contributed by atoms with Gasteiger partial charge in [0.1, 0.15) is 17.7 Å². The molecular weight excluding hydrogens is 243 g/mol. The summed E-state index contributed by atoms with van der Waals surface area (Å²) in [6.07, 6.45) is 5.71. The number of rotatable bonds is 4. The zero-order valence-corrected chi connectivity index (χ0v) is 11.6. The van der Waals surface area contributed by atoms with Gasteiger partial charge < -0.3 is 4.74 Å². The number of ketones is 1. The highest BCUT2D eigenvalue weighted by Crippen LogP contribution is 2.32. The molecule has 0 saturated heterocycles. The summed E-state index contributed by atoms with van der Waals surface area (Å²) in [5.41, 5.74) is 0.0860. The van der Waals surface area contributed by atoms with Crippen molar-refractivity contribution in [3.63, 3.8) is 0 Å². The lowest BCUT2D eigenvalue weighted by Gasteiger charge is -2.31. The summed E-state index contributed by atoms with van der Waals surface area (Å²) in [6, 6.07) is 4.60. The second-order valence-corrected chi connectivity index (χ2v) is 5.28. The molecule has 19 heavy (non-hydrogen) atoms. The van der Waals surface area contributed by atoms with Gasteiger partial charge in [0.25, 0.3) is 0 Å². The molecule has 2 nitrogen and oxygen atoms in total. The minimum Gasteiger partial charge on any atom is -0.489 e. The summed E-state index contributed by atoms with van der Waals surface area (Å²) in [5, 5.41) is 0. The number of hydrogen-bond acceptors (Lipinski definition) is 2. The van der Waals surface area contributed by atoms with Crippen LogP contribution in [0.1, 0.15) is 56.3 Å². The Morgan fingerprint density at radius 2 is 2.11 bits per heavy atom. The van der Waals surface area contributed by atoms with Crippen molar-refractivity contribution in [2.45, 2.75) is 52.1 Å². The molecular formula is C16H21FO2. The monoisotopic (exact) mass is 264 g/mol. The van der Waals surface area contributed by atoms with Crippen LogP contribution < -0.4 is 4.74 Å². The zero-order valence-electron chi connectivity index (χ0n) is 11.6. The SMILES string of the molecule is CCC1CCCCC1Oc1cccc(F)c1C(C)=O. The van der Waals surface area contributed by atoms with Crippen LogP contribution in [0.15, 0.2) is 18.2 Å². The Hall–Kier alpha value is -1.38. The Morgan fingerprint density at radius 1 is 1.37 bits per heavy atom. The van der Waals surface area contributed by atoms with E-state index < -0.39 is 5.82 Å². The topological polar surface area (TPSA) is 26.3 Å². The van der Waals surface area contributed by atoms with Crippen molar-refractivity contribution in [3.8, 4) is 5.75 Å². The first-order chi connectivity index (χ1) is 9.13. The molecule has 0 heterocycles. The fraction of sp³-hybridized carbons (Fsp3) is 0.562. The van der Waals surface area contributed by atoms with Crippen molar-refractivity contribution in [1.82, 2.24) is 0 Å². The summed E-state index contributed by atoms with van der Waals surface area (Å²) in [5.74, 6) is 0.139. The maximum Gasteiger partial charge on any atom is 0.166 e. The van der Waals surface area contributed by atoms with E-state index in [2.05, 4.69) is 6.92 Å². The van der Waals surface area contributed by atoms with E-state index >= 15 is 0 Å². The predicted molar refractivity (Wildman–Crippen MR) is 73.1 cm³/mol. The largest absolute Gasteiger partial charge is 0.489 e. The lowest BCUT2D eigenvalue weighted by atomic mass is 9.84. The minimum atomic E-state index is -0.492. The van der Waals surface area contributed by atoms with Crippen molar-refractivity contribution < 1.29 is 13.9 Å². The minimum absolute atomic E-state index is 0.0860. The van der Waals surface area contributed by atoms with Crippen LogP contribution in [0.4, 0.5) is 4.39 Å². The number of carbonyl (C=O) groups excluding carboxylic acids is 1. The van der Waals surface area contributed by atoms with Gasteiger partial charge in [-0.05, 0) is 50.7 Å². The quantitative estimate of drug-likeness (QED) is 0.754. The molecule has 1 aromatic rings. The van der Waals surface area contributed by atoms with E-state index in [-0.39, 0.29) is 17.5 Å². The summed E-state index contributed by atoms with van der Waals surface area (Å²) >= 11 is 0. The van der Waals surface area contributed by atoms with E-state index in [1.807, 2.05) is 0 Å². The molecule has 3 heteroatoms. The first kappa shape index (κ1) is 14.0. The normalized spacial score (nSPS) is 23.1. The summed E-state index contributed by atoms with van der Waals surface area (Å²) in [6.45, 7) is 3.53. The second kappa shape index (κ2) is 6.18. The van der Waals surface area contributed by atoms with E-state index in [1.54, 1.807) is 12.1 Å². The molecule has 1 fully saturated rings. The molecule has 2 unspecified atom stereocenters. The molecule has 2 atom stereocenters. The van der Waals surface area contributed by atoms with E-state index in [0.29, 0.717) is 11.7 Å². The number of benzene rings is 1. The van der Waals surface area contributed by atoms with E-state index in [1.165, 1.54) is 19.4 Å². The van der Waals surface area contributed by atoms with Crippen LogP contribution in [0.25, 0.3) is 0 Å². The molecule has 0 amide bonds. The van der Waals surface area contributed by atoms with Crippen molar-refractivity contribution >= 4 is 5.78 Å². The Bertz CT molecular complexity index is 456. The summed E-state index contributed by atoms with van der Waals surface area (Å²) in [4.78, 5) is 11.6. The van der Waals surface area contributed by atoms with Gasteiger partial charge in [0.2, 0.25) is 0 Å². The van der Waals surface area contributed by atoms with E-state index in [9.17, 15) is 9.18 Å². The third-order valence-corrected chi connectivity index (χ3v) is 3.97. The Labute approximate surface area is 114 Å². The van der Waals surface area contributed by atoms with Gasteiger partial charge in [0.15, 0.2) is 5.78 Å². The first-order valence-electron chi connectivity index (χ1n) is 7.09. The van der Waals surface area contributed by atoms with Crippen molar-refractivity contribution in [2.24, 2.45) is 5.92 Å². The van der Waals surface area contributed by atoms with E-state index in [4.69, 9.17) is 4.74 Å². The summed E-state index contributed by atoms with van der Waals surface area (Å²) in [7, 11) is 0. The number of hydrogen-bond donors (Lipinski definition) is 0. The van der Waals surface area contributed by atoms with Gasteiger partial charge in [-0.15, -0.1) is 0 Å². The van der Waals surface area contributed by atoms with Crippen LogP contribution in [0.3, 0.4) is 0 Å². The molecule has 1 saturated carbocycles. The number of halogens is 1. The maximum absolute atomic E-state index is 13.7. The standard InChI is InChI=1S/C16H21FO2/c1-3-12-7-4-5-9-14(12)19-15-10-6-8-13(17)16(15)11(2)18/h6,8,10,12,14H,3-5,7,9H2,1-2H3. The van der Waals surface area contributed by atoms with Crippen molar-refractivity contribution in [1.29, 1.82) is 0 Å². The number of Topliss-reactive ketones (excluding diaryl/α,β-unsaturated/α-hetero) is 1. The first-order valence-corrected chi connectivity index (χ1v) is 7.09. The molecule has 1 aromatic carbocycles. The van der Waals surface area contributed by atoms with Crippen LogP contribution in [-0.4, -0.2) is 11.9 Å². The van der Waals surface area contributed by atoms with Crippen LogP contribution in [0.5, 0.6) is 5.75 Å². The van der Waals surface area contributed by atoms with Gasteiger partial charge >= 0.3 is 0 Å². The molecule has 2 rings (SSSR count). The highest BCUT2D eigenvalue weighted by molar-refractivity contribution is 5.97. The molecule has 0 radical (unpaired) electrons. The second-order valence-electron chi connectivity index (χ2n) is 5.28. The maximum atomic E-state index is 13.7. The average Bonchev–Trinajstić information content (AvgIpc) is 2.39. The predicted octanol–water partition coefficient (Wildman–Crippen LogP) is 4.38. The molecule has 0 aliphatic heterocycles. The average molecular weight is 264 g/mol. The fourth-order valence-corrected chi connectivity index (χ4v) is 2.90. The molecule has 104 valence electrons. The van der Waals surface area contributed by atoms with Gasteiger partial charge in [-0.25, -0.2) is 4.39 Å². The molecule has 0 N–H and O–H groups in total. The Balaban J connectivity index is 2.22. The van der Waals surface area contributed by atoms with Crippen LogP contribution in [0, 0.1) is 11.7 Å². The molecule has 0 spiro atoms. The smallest absolute Gasteiger partial charge is 0.166 e. The number of carbonyl (C=O) groups is 1. The lowest BCUT2D eigenvalue weighted by Crippen LogP contribution is -2.30. The third kappa shape index (κ3) is 3.14. The molecule has 1 aliphatic rings. The molecule has 0 bridgehead atoms. The summed E-state index contributed by atoms with van der Waals surface area (Å²) < 4.78 is 19.7. The van der Waals surface area contributed by atoms with Crippen molar-refractivity contribution in [2.75, 3.05) is 0 Å². The van der Waals surface area contributed by atoms with Crippen molar-refractivity contribution in [3.05, 3.63) is 29.6 Å². The molecule has 0 aromatic heterocycles. The van der Waals surface area contributed by atoms with Gasteiger partial charge in [-0.1, -0.05) is 19.4 Å². The van der Waals surface area contributed by atoms with Gasteiger partial charge in [-0.3, -0.25) is 4.79 Å². The lowest BCUT2D eigenvalue weighted by molar-refractivity contribution is 0.0860. The van der Waals surface area contributed by atoms with Crippen LogP contribution in [-0.2, 0) is 0 Å². The zero-order chi connectivity index (χ0) is 13.8.